The van der Waals surface area contributed by atoms with E-state index in [2.05, 4.69) is 10.3 Å². The zero-order chi connectivity index (χ0) is 20.6. The van der Waals surface area contributed by atoms with Crippen LogP contribution in [0.3, 0.4) is 0 Å². The zero-order valence-electron chi connectivity index (χ0n) is 15.9. The highest BCUT2D eigenvalue weighted by Crippen LogP contribution is 2.33. The second-order valence-corrected chi connectivity index (χ2v) is 8.70. The third kappa shape index (κ3) is 6.31. The molecule has 1 aromatic carbocycles. The number of rotatable bonds is 10. The summed E-state index contributed by atoms with van der Waals surface area (Å²) in [7, 11) is -0.817. The van der Waals surface area contributed by atoms with E-state index in [0.717, 1.165) is 15.6 Å². The molecule has 8 nitrogen and oxygen atoms in total. The van der Waals surface area contributed by atoms with Gasteiger partial charge in [-0.05, 0) is 24.3 Å². The van der Waals surface area contributed by atoms with Crippen LogP contribution in [0.15, 0.2) is 47.6 Å². The Labute approximate surface area is 169 Å². The molecule has 0 saturated carbocycles. The number of aromatic nitrogens is 1. The Hall–Kier alpha value is -2.46. The van der Waals surface area contributed by atoms with Crippen LogP contribution in [0.5, 0.6) is 11.5 Å². The third-order valence-electron chi connectivity index (χ3n) is 3.65. The summed E-state index contributed by atoms with van der Waals surface area (Å²) in [5.74, 6) is 0.975. The van der Waals surface area contributed by atoms with Crippen molar-refractivity contribution in [3.05, 3.63) is 42.6 Å². The van der Waals surface area contributed by atoms with Gasteiger partial charge in [0, 0.05) is 24.6 Å². The van der Waals surface area contributed by atoms with E-state index in [9.17, 15) is 13.2 Å². The fraction of sp³-hybridized carbons (Fsp3) is 0.333. The van der Waals surface area contributed by atoms with Crippen molar-refractivity contribution in [2.45, 2.75) is 5.03 Å². The third-order valence-corrected chi connectivity index (χ3v) is 5.73. The summed E-state index contributed by atoms with van der Waals surface area (Å²) < 4.78 is 36.0. The first-order valence-corrected chi connectivity index (χ1v) is 11.2. The van der Waals surface area contributed by atoms with Gasteiger partial charge < -0.3 is 14.8 Å². The van der Waals surface area contributed by atoms with Gasteiger partial charge in [0.25, 0.3) is 0 Å². The van der Waals surface area contributed by atoms with Gasteiger partial charge in [-0.15, -0.1) is 11.8 Å². The molecule has 10 heteroatoms. The van der Waals surface area contributed by atoms with E-state index in [1.807, 2.05) is 18.2 Å². The molecule has 0 radical (unpaired) electrons. The molecule has 0 spiro atoms. The Morgan fingerprint density at radius 3 is 2.61 bits per heavy atom. The van der Waals surface area contributed by atoms with Crippen molar-refractivity contribution in [1.82, 2.24) is 10.3 Å². The van der Waals surface area contributed by atoms with Gasteiger partial charge in [0.2, 0.25) is 15.9 Å². The van der Waals surface area contributed by atoms with Crippen molar-refractivity contribution in [2.75, 3.05) is 43.6 Å². The van der Waals surface area contributed by atoms with Gasteiger partial charge in [0.05, 0.1) is 31.2 Å². The van der Waals surface area contributed by atoms with Gasteiger partial charge in [-0.25, -0.2) is 13.4 Å². The molecule has 1 amide bonds. The maximum Gasteiger partial charge on any atom is 0.240 e. The number of methoxy groups -OCH3 is 2. The normalized spacial score (nSPS) is 11.0. The fourth-order valence-electron chi connectivity index (χ4n) is 2.34. The van der Waals surface area contributed by atoms with Crippen molar-refractivity contribution >= 4 is 33.4 Å². The molecule has 0 unspecified atom stereocenters. The van der Waals surface area contributed by atoms with Crippen LogP contribution in [-0.2, 0) is 14.8 Å². The number of benzene rings is 1. The van der Waals surface area contributed by atoms with Crippen molar-refractivity contribution in [1.29, 1.82) is 0 Å². The average molecular weight is 426 g/mol. The smallest absolute Gasteiger partial charge is 0.240 e. The predicted octanol–water partition coefficient (Wildman–Crippen LogP) is 1.77. The first-order chi connectivity index (χ1) is 13.3. The van der Waals surface area contributed by atoms with Gasteiger partial charge in [0.1, 0.15) is 18.0 Å². The quantitative estimate of drug-likeness (QED) is 0.458. The summed E-state index contributed by atoms with van der Waals surface area (Å²) in [4.78, 5) is 16.5. The van der Waals surface area contributed by atoms with Gasteiger partial charge in [-0.1, -0.05) is 6.07 Å². The number of sulfonamides is 1. The lowest BCUT2D eigenvalue weighted by molar-refractivity contribution is -0.119. The number of carbonyl (C=O) groups is 1. The molecule has 1 N–H and O–H groups in total. The molecule has 28 heavy (non-hydrogen) atoms. The van der Waals surface area contributed by atoms with Crippen molar-refractivity contribution in [2.24, 2.45) is 0 Å². The standard InChI is InChI=1S/C18H23N3O5S2/c1-25-14-7-8-16(26-2)15(12-14)21(28(3,23)24)13-17(22)19-10-11-27-18-6-4-5-9-20-18/h4-9,12H,10-11,13H2,1-3H3,(H,19,22). The highest BCUT2D eigenvalue weighted by Gasteiger charge is 2.24. The number of nitrogens with zero attached hydrogens (tertiary/aromatic N) is 2. The first kappa shape index (κ1) is 21.8. The van der Waals surface area contributed by atoms with E-state index in [-0.39, 0.29) is 12.2 Å². The van der Waals surface area contributed by atoms with Crippen LogP contribution in [0.2, 0.25) is 0 Å². The van der Waals surface area contributed by atoms with Crippen LogP contribution < -0.4 is 19.1 Å². The monoisotopic (exact) mass is 425 g/mol. The minimum Gasteiger partial charge on any atom is -0.497 e. The van der Waals surface area contributed by atoms with Crippen LogP contribution in [0.1, 0.15) is 0 Å². The summed E-state index contributed by atoms with van der Waals surface area (Å²) in [6.45, 7) is 0.0174. The summed E-state index contributed by atoms with van der Waals surface area (Å²) in [5.41, 5.74) is 0.238. The molecule has 0 aliphatic carbocycles. The molecular formula is C18H23N3O5S2. The minimum absolute atomic E-state index is 0.238. The van der Waals surface area contributed by atoms with E-state index >= 15 is 0 Å². The number of hydrogen-bond acceptors (Lipinski definition) is 7. The number of anilines is 1. The van der Waals surface area contributed by atoms with E-state index in [4.69, 9.17) is 9.47 Å². The number of hydrogen-bond donors (Lipinski definition) is 1. The largest absolute Gasteiger partial charge is 0.497 e. The Morgan fingerprint density at radius 1 is 1.21 bits per heavy atom. The molecular weight excluding hydrogens is 402 g/mol. The molecule has 2 rings (SSSR count). The molecule has 0 aliphatic rings. The number of nitrogens with one attached hydrogen (secondary N) is 1. The van der Waals surface area contributed by atoms with Crippen LogP contribution in [0, 0.1) is 0 Å². The summed E-state index contributed by atoms with van der Waals surface area (Å²) >= 11 is 1.50. The second kappa shape index (κ2) is 10.2. The molecule has 1 aromatic heterocycles. The Balaban J connectivity index is 2.03. The molecule has 0 atom stereocenters. The van der Waals surface area contributed by atoms with Crippen LogP contribution in [-0.4, -0.2) is 58.6 Å². The number of pyridine rings is 1. The van der Waals surface area contributed by atoms with Gasteiger partial charge >= 0.3 is 0 Å². The Bertz CT molecular complexity index is 891. The maximum absolute atomic E-state index is 12.3. The van der Waals surface area contributed by atoms with Crippen LogP contribution in [0.4, 0.5) is 5.69 Å². The van der Waals surface area contributed by atoms with E-state index in [1.165, 1.54) is 32.0 Å². The summed E-state index contributed by atoms with van der Waals surface area (Å²) in [6, 6.07) is 10.4. The number of amides is 1. The van der Waals surface area contributed by atoms with Crippen molar-refractivity contribution < 1.29 is 22.7 Å². The predicted molar refractivity (Wildman–Crippen MR) is 110 cm³/mol. The molecule has 0 bridgehead atoms. The molecule has 1 heterocycles. The topological polar surface area (TPSA) is 97.8 Å². The minimum atomic E-state index is -3.72. The highest BCUT2D eigenvalue weighted by atomic mass is 32.2. The maximum atomic E-state index is 12.3. The van der Waals surface area contributed by atoms with Crippen LogP contribution in [0.25, 0.3) is 0 Å². The molecule has 152 valence electrons. The number of ether oxygens (including phenoxy) is 2. The molecule has 2 aromatic rings. The molecule has 0 fully saturated rings. The van der Waals surface area contributed by atoms with E-state index in [0.29, 0.717) is 23.8 Å². The van der Waals surface area contributed by atoms with Crippen LogP contribution >= 0.6 is 11.8 Å². The van der Waals surface area contributed by atoms with Gasteiger partial charge in [-0.2, -0.15) is 0 Å². The zero-order valence-corrected chi connectivity index (χ0v) is 17.5. The highest BCUT2D eigenvalue weighted by molar-refractivity contribution is 7.99. The first-order valence-electron chi connectivity index (χ1n) is 8.35. The van der Waals surface area contributed by atoms with Crippen molar-refractivity contribution in [3.63, 3.8) is 0 Å². The fourth-order valence-corrected chi connectivity index (χ4v) is 3.91. The second-order valence-electron chi connectivity index (χ2n) is 5.67. The van der Waals surface area contributed by atoms with E-state index < -0.39 is 15.9 Å². The lowest BCUT2D eigenvalue weighted by Crippen LogP contribution is -2.41. The van der Waals surface area contributed by atoms with Crippen molar-refractivity contribution in [3.8, 4) is 11.5 Å². The lowest BCUT2D eigenvalue weighted by atomic mass is 10.2. The van der Waals surface area contributed by atoms with Gasteiger partial charge in [-0.3, -0.25) is 9.10 Å². The van der Waals surface area contributed by atoms with E-state index in [1.54, 1.807) is 18.3 Å². The molecule has 0 saturated heterocycles. The SMILES string of the molecule is COc1ccc(OC)c(N(CC(=O)NCCSc2ccccn2)S(C)(=O)=O)c1. The summed E-state index contributed by atoms with van der Waals surface area (Å²) in [6.07, 6.45) is 2.74. The number of carbonyl (C=O) groups excluding carboxylic acids is 1. The van der Waals surface area contributed by atoms with Gasteiger partial charge in [0.15, 0.2) is 0 Å². The average Bonchev–Trinajstić information content (AvgIpc) is 2.69. The Kier molecular flexibility index (Phi) is 7.94. The summed E-state index contributed by atoms with van der Waals surface area (Å²) in [5, 5.41) is 3.58. The molecule has 0 aliphatic heterocycles. The lowest BCUT2D eigenvalue weighted by Gasteiger charge is -2.24. The Morgan fingerprint density at radius 2 is 2.00 bits per heavy atom. The number of thioether (sulfide) groups is 1.